The van der Waals surface area contributed by atoms with Gasteiger partial charge in [-0.15, -0.1) is 0 Å². The third kappa shape index (κ3) is 8.30. The number of ether oxygens (including phenoxy) is 2. The van der Waals surface area contributed by atoms with E-state index in [4.69, 9.17) is 9.47 Å². The molecule has 0 saturated carbocycles. The number of phenols is 2. The van der Waals surface area contributed by atoms with Crippen LogP contribution in [0.1, 0.15) is 59.6 Å². The van der Waals surface area contributed by atoms with Gasteiger partial charge in [0.25, 0.3) is 0 Å². The van der Waals surface area contributed by atoms with Crippen molar-refractivity contribution in [2.24, 2.45) is 5.92 Å². The highest BCUT2D eigenvalue weighted by molar-refractivity contribution is 6.15. The fourth-order valence-corrected chi connectivity index (χ4v) is 9.68. The molecule has 10 rings (SSSR count). The van der Waals surface area contributed by atoms with Crippen molar-refractivity contribution in [3.63, 3.8) is 0 Å². The molecule has 2 N–H and O–H groups in total. The molecule has 4 heteroatoms. The van der Waals surface area contributed by atoms with Crippen LogP contribution in [0.5, 0.6) is 23.0 Å². The van der Waals surface area contributed by atoms with Crippen LogP contribution in [0.25, 0.3) is 87.6 Å². The summed E-state index contributed by atoms with van der Waals surface area (Å²) >= 11 is 0. The average molecular weight is 891 g/mol. The zero-order valence-electron chi connectivity index (χ0n) is 40.0. The highest BCUT2D eigenvalue weighted by atomic mass is 16.5. The smallest absolute Gasteiger partial charge is 0.131 e. The molecule has 4 nitrogen and oxygen atoms in total. The van der Waals surface area contributed by atoms with Gasteiger partial charge in [0.05, 0.1) is 13.2 Å². The number of benzene rings is 10. The molecule has 0 aliphatic heterocycles. The Morgan fingerprint density at radius 3 is 1.00 bits per heavy atom. The molecule has 0 saturated heterocycles. The van der Waals surface area contributed by atoms with Crippen molar-refractivity contribution >= 4 is 43.1 Å². The van der Waals surface area contributed by atoms with Gasteiger partial charge < -0.3 is 19.7 Å². The Morgan fingerprint density at radius 2 is 0.662 bits per heavy atom. The van der Waals surface area contributed by atoms with E-state index in [1.807, 2.05) is 48.5 Å². The quantitative estimate of drug-likeness (QED) is 0.134. The molecule has 0 atom stereocenters. The molecule has 10 aromatic carbocycles. The van der Waals surface area contributed by atoms with Gasteiger partial charge in [-0.05, 0) is 114 Å². The van der Waals surface area contributed by atoms with Crippen LogP contribution in [-0.2, 0) is 10.8 Å². The molecule has 0 bridgehead atoms. The largest absolute Gasteiger partial charge is 0.507 e. The van der Waals surface area contributed by atoms with Crippen LogP contribution in [0.2, 0.25) is 0 Å². The lowest BCUT2D eigenvalue weighted by Crippen LogP contribution is -2.17. The molecule has 68 heavy (non-hydrogen) atoms. The lowest BCUT2D eigenvalue weighted by Gasteiger charge is -2.25. The van der Waals surface area contributed by atoms with E-state index < -0.39 is 0 Å². The first-order valence-electron chi connectivity index (χ1n) is 23.8. The highest BCUT2D eigenvalue weighted by Gasteiger charge is 2.26. The first-order chi connectivity index (χ1) is 32.7. The Morgan fingerprint density at radius 1 is 0.368 bits per heavy atom. The topological polar surface area (TPSA) is 58.9 Å². The summed E-state index contributed by atoms with van der Waals surface area (Å²) in [4.78, 5) is 0. The van der Waals surface area contributed by atoms with E-state index in [1.165, 1.54) is 0 Å². The van der Waals surface area contributed by atoms with E-state index in [9.17, 15) is 10.2 Å². The lowest BCUT2D eigenvalue weighted by molar-refractivity contribution is 0.189. The van der Waals surface area contributed by atoms with Crippen LogP contribution in [0.4, 0.5) is 0 Å². The molecule has 0 aromatic heterocycles. The Labute approximate surface area is 400 Å². The molecule has 10 aromatic rings. The molecule has 0 heterocycles. The van der Waals surface area contributed by atoms with Gasteiger partial charge in [0.1, 0.15) is 23.0 Å². The van der Waals surface area contributed by atoms with Gasteiger partial charge in [-0.1, -0.05) is 182 Å². The predicted molar refractivity (Wildman–Crippen MR) is 286 cm³/mol. The van der Waals surface area contributed by atoms with Gasteiger partial charge in [0.15, 0.2) is 0 Å². The summed E-state index contributed by atoms with van der Waals surface area (Å²) in [7, 11) is 0. The number of fused-ring (bicyclic) bond motifs is 4. The maximum absolute atomic E-state index is 12.5. The third-order valence-electron chi connectivity index (χ3n) is 13.4. The third-order valence-corrected chi connectivity index (χ3v) is 13.4. The average Bonchev–Trinajstić information content (AvgIpc) is 3.33. The van der Waals surface area contributed by atoms with Crippen molar-refractivity contribution < 1.29 is 19.7 Å². The molecule has 0 unspecified atom stereocenters. The monoisotopic (exact) mass is 890 g/mol. The number of rotatable bonds is 10. The second-order valence-corrected chi connectivity index (χ2v) is 20.4. The molecule has 0 amide bonds. The molecule has 0 spiro atoms. The predicted octanol–water partition coefficient (Wildman–Crippen LogP) is 17.1. The van der Waals surface area contributed by atoms with Gasteiger partial charge >= 0.3 is 0 Å². The van der Waals surface area contributed by atoms with Crippen LogP contribution in [0, 0.1) is 5.92 Å². The minimum absolute atomic E-state index is 0.0182. The second kappa shape index (κ2) is 17.6. The normalized spacial score (nSPS) is 12.1. The SMILES string of the molecule is CC(COc1ccccc1-c1cc(C(C)(C)C)cc(-c2c3ccccc3cc3ccccc23)c1O)COc1ccccc1-c1cc(C(C)(C)C)cc(-c2c3ccccc3cc3ccccc23)c1O. The van der Waals surface area contributed by atoms with Crippen LogP contribution in [0.15, 0.2) is 182 Å². The Kier molecular flexibility index (Phi) is 11.5. The molecule has 0 aliphatic carbocycles. The highest BCUT2D eigenvalue weighted by Crippen LogP contribution is 2.50. The number of phenolic OH excluding ortho intramolecular Hbond substituents is 2. The summed E-state index contributed by atoms with van der Waals surface area (Å²) in [5, 5.41) is 33.9. The minimum atomic E-state index is -0.202. The van der Waals surface area contributed by atoms with E-state index >= 15 is 0 Å². The van der Waals surface area contributed by atoms with E-state index in [0.717, 1.165) is 98.7 Å². The van der Waals surface area contributed by atoms with Crippen molar-refractivity contribution in [3.05, 3.63) is 193 Å². The summed E-state index contributed by atoms with van der Waals surface area (Å²) in [5.41, 5.74) is 8.56. The lowest BCUT2D eigenvalue weighted by atomic mass is 9.81. The molecule has 0 aliphatic rings. The van der Waals surface area contributed by atoms with Crippen molar-refractivity contribution in [2.45, 2.75) is 59.3 Å². The van der Waals surface area contributed by atoms with Gasteiger partial charge in [0.2, 0.25) is 0 Å². The van der Waals surface area contributed by atoms with E-state index in [0.29, 0.717) is 24.7 Å². The minimum Gasteiger partial charge on any atom is -0.507 e. The fraction of sp³-hybridized carbons (Fsp3) is 0.188. The molecule has 338 valence electrons. The Bertz CT molecular complexity index is 3190. The van der Waals surface area contributed by atoms with Crippen molar-refractivity contribution in [2.75, 3.05) is 13.2 Å². The standard InChI is InChI=1S/C64H58O4/c1-40(38-67-57-30-18-16-28-51(57)53-34-45(63(2,3)4)36-55(61(53)65)59-47-24-12-8-20-41(47)32-42-21-9-13-25-48(42)59)39-68-58-31-19-17-29-52(58)54-35-46(64(5,6)7)37-56(62(54)66)60-49-26-14-10-22-43(49)33-44-23-11-15-27-50(44)60/h8-37,40,65-66H,38-39H2,1-7H3. The zero-order valence-corrected chi connectivity index (χ0v) is 40.0. The van der Waals surface area contributed by atoms with Crippen molar-refractivity contribution in [1.82, 2.24) is 0 Å². The van der Waals surface area contributed by atoms with Crippen molar-refractivity contribution in [1.29, 1.82) is 0 Å². The van der Waals surface area contributed by atoms with Crippen LogP contribution in [-0.4, -0.2) is 23.4 Å². The van der Waals surface area contributed by atoms with Gasteiger partial charge in [-0.2, -0.15) is 0 Å². The number of hydrogen-bond acceptors (Lipinski definition) is 4. The summed E-state index contributed by atoms with van der Waals surface area (Å²) in [6, 6.07) is 62.7. The van der Waals surface area contributed by atoms with E-state index in [-0.39, 0.29) is 28.2 Å². The van der Waals surface area contributed by atoms with Gasteiger partial charge in [-0.25, -0.2) is 0 Å². The van der Waals surface area contributed by atoms with Crippen LogP contribution >= 0.6 is 0 Å². The first kappa shape index (κ1) is 44.3. The van der Waals surface area contributed by atoms with E-state index in [2.05, 4.69) is 182 Å². The second-order valence-electron chi connectivity index (χ2n) is 20.4. The maximum atomic E-state index is 12.5. The fourth-order valence-electron chi connectivity index (χ4n) is 9.68. The zero-order chi connectivity index (χ0) is 47.3. The first-order valence-corrected chi connectivity index (χ1v) is 23.8. The van der Waals surface area contributed by atoms with Crippen LogP contribution < -0.4 is 9.47 Å². The number of para-hydroxylation sites is 2. The Balaban J connectivity index is 0.971. The molecule has 0 radical (unpaired) electrons. The summed E-state index contributed by atoms with van der Waals surface area (Å²) in [6.07, 6.45) is 0. The summed E-state index contributed by atoms with van der Waals surface area (Å²) < 4.78 is 13.4. The number of aromatic hydroxyl groups is 2. The number of hydrogen-bond donors (Lipinski definition) is 2. The molecular weight excluding hydrogens is 833 g/mol. The van der Waals surface area contributed by atoms with Crippen LogP contribution in [0.3, 0.4) is 0 Å². The summed E-state index contributed by atoms with van der Waals surface area (Å²) in [6.45, 7) is 16.2. The molecular formula is C64H58O4. The Hall–Kier alpha value is -7.56. The molecule has 0 fully saturated rings. The maximum Gasteiger partial charge on any atom is 0.131 e. The van der Waals surface area contributed by atoms with Gasteiger partial charge in [0, 0.05) is 50.4 Å². The summed E-state index contributed by atoms with van der Waals surface area (Å²) in [5.74, 6) is 1.80. The van der Waals surface area contributed by atoms with Gasteiger partial charge in [-0.3, -0.25) is 0 Å². The van der Waals surface area contributed by atoms with E-state index in [1.54, 1.807) is 0 Å². The van der Waals surface area contributed by atoms with Crippen molar-refractivity contribution in [3.8, 4) is 67.5 Å².